The van der Waals surface area contributed by atoms with E-state index < -0.39 is 0 Å². The Hall–Kier alpha value is -0.120. The van der Waals surface area contributed by atoms with Crippen LogP contribution in [0.15, 0.2) is 0 Å². The lowest BCUT2D eigenvalue weighted by Crippen LogP contribution is -2.41. The molecule has 0 fully saturated rings. The number of ether oxygens (including phenoxy) is 1. The maximum atomic E-state index is 9.08. The Bertz CT molecular complexity index is 128. The minimum Gasteiger partial charge on any atom is -0.395 e. The summed E-state index contributed by atoms with van der Waals surface area (Å²) in [6, 6.07) is 0.450. The Morgan fingerprint density at radius 2 is 1.93 bits per heavy atom. The molecule has 0 heterocycles. The highest BCUT2D eigenvalue weighted by molar-refractivity contribution is 4.67. The highest BCUT2D eigenvalue weighted by Gasteiger charge is 2.10. The smallest absolute Gasteiger partial charge is 0.0645 e. The zero-order chi connectivity index (χ0) is 11.0. The highest BCUT2D eigenvalue weighted by atomic mass is 16.5. The third kappa shape index (κ3) is 7.30. The van der Waals surface area contributed by atoms with Crippen molar-refractivity contribution in [2.45, 2.75) is 58.7 Å². The van der Waals surface area contributed by atoms with Gasteiger partial charge in [-0.1, -0.05) is 27.2 Å². The van der Waals surface area contributed by atoms with Crippen LogP contribution >= 0.6 is 0 Å². The van der Waals surface area contributed by atoms with E-state index in [2.05, 4.69) is 33.0 Å². The molecule has 0 amide bonds. The van der Waals surface area contributed by atoms with Crippen molar-refractivity contribution in [1.82, 2.24) is 5.32 Å². The maximum Gasteiger partial charge on any atom is 0.0645 e. The van der Waals surface area contributed by atoms with Crippen molar-refractivity contribution in [2.75, 3.05) is 13.2 Å². The summed E-state index contributed by atoms with van der Waals surface area (Å²) in [4.78, 5) is 0. The van der Waals surface area contributed by atoms with Crippen LogP contribution in [-0.4, -0.2) is 36.5 Å². The van der Waals surface area contributed by atoms with Gasteiger partial charge in [0.05, 0.1) is 25.4 Å². The van der Waals surface area contributed by atoms with E-state index >= 15 is 0 Å². The number of hydrogen-bond donors (Lipinski definition) is 2. The Kier molecular flexibility index (Phi) is 8.14. The predicted molar refractivity (Wildman–Crippen MR) is 59.5 cm³/mol. The first-order valence-electron chi connectivity index (χ1n) is 5.58. The molecule has 86 valence electrons. The number of rotatable bonds is 8. The van der Waals surface area contributed by atoms with Crippen molar-refractivity contribution in [3.8, 4) is 0 Å². The molecule has 2 unspecified atom stereocenters. The molecule has 2 N–H and O–H groups in total. The average molecular weight is 203 g/mol. The second kappa shape index (κ2) is 8.21. The van der Waals surface area contributed by atoms with Crippen LogP contribution in [0, 0.1) is 0 Å². The Balaban J connectivity index is 3.60. The highest BCUT2D eigenvalue weighted by Crippen LogP contribution is 2.01. The second-order valence-corrected chi connectivity index (χ2v) is 4.13. The molecule has 0 aromatic rings. The summed E-state index contributed by atoms with van der Waals surface area (Å²) in [5.74, 6) is 0. The van der Waals surface area contributed by atoms with Crippen molar-refractivity contribution in [1.29, 1.82) is 0 Å². The van der Waals surface area contributed by atoms with Crippen LogP contribution in [0.3, 0.4) is 0 Å². The van der Waals surface area contributed by atoms with Crippen LogP contribution in [-0.2, 0) is 4.74 Å². The van der Waals surface area contributed by atoms with Crippen LogP contribution in [0.1, 0.15) is 40.5 Å². The lowest BCUT2D eigenvalue weighted by atomic mass is 10.2. The number of aliphatic hydroxyl groups excluding tert-OH is 1. The lowest BCUT2D eigenvalue weighted by molar-refractivity contribution is 0.0307. The van der Waals surface area contributed by atoms with Gasteiger partial charge in [0.1, 0.15) is 0 Å². The largest absolute Gasteiger partial charge is 0.395 e. The Labute approximate surface area is 87.8 Å². The molecule has 0 saturated carbocycles. The van der Waals surface area contributed by atoms with Gasteiger partial charge >= 0.3 is 0 Å². The van der Waals surface area contributed by atoms with Gasteiger partial charge in [-0.05, 0) is 13.3 Å². The van der Waals surface area contributed by atoms with Crippen LogP contribution in [0.4, 0.5) is 0 Å². The van der Waals surface area contributed by atoms with Gasteiger partial charge in [-0.2, -0.15) is 0 Å². The summed E-state index contributed by atoms with van der Waals surface area (Å²) in [6.07, 6.45) is 2.52. The number of nitrogens with one attached hydrogen (secondary N) is 1. The van der Waals surface area contributed by atoms with Gasteiger partial charge in [0, 0.05) is 6.04 Å². The Morgan fingerprint density at radius 3 is 2.36 bits per heavy atom. The lowest BCUT2D eigenvalue weighted by Gasteiger charge is -2.21. The van der Waals surface area contributed by atoms with Crippen molar-refractivity contribution in [2.24, 2.45) is 0 Å². The zero-order valence-electron chi connectivity index (χ0n) is 9.92. The van der Waals surface area contributed by atoms with Crippen LogP contribution < -0.4 is 5.32 Å². The first kappa shape index (κ1) is 13.9. The number of aliphatic hydroxyl groups is 1. The first-order valence-corrected chi connectivity index (χ1v) is 5.58. The third-order valence-electron chi connectivity index (χ3n) is 2.07. The van der Waals surface area contributed by atoms with E-state index in [0.29, 0.717) is 18.8 Å². The van der Waals surface area contributed by atoms with Gasteiger partial charge in [0.25, 0.3) is 0 Å². The van der Waals surface area contributed by atoms with Gasteiger partial charge in [-0.25, -0.2) is 0 Å². The van der Waals surface area contributed by atoms with E-state index in [1.807, 2.05) is 0 Å². The van der Waals surface area contributed by atoms with Crippen molar-refractivity contribution < 1.29 is 9.84 Å². The molecule has 3 heteroatoms. The van der Waals surface area contributed by atoms with E-state index in [1.165, 1.54) is 0 Å². The molecule has 0 bridgehead atoms. The normalized spacial score (nSPS) is 15.9. The van der Waals surface area contributed by atoms with Gasteiger partial charge in [0.15, 0.2) is 0 Å². The molecule has 0 spiro atoms. The SMILES string of the molecule is CCCC(C)OCC(CO)NC(C)C. The van der Waals surface area contributed by atoms with E-state index in [4.69, 9.17) is 9.84 Å². The summed E-state index contributed by atoms with van der Waals surface area (Å²) >= 11 is 0. The minimum atomic E-state index is 0.0642. The van der Waals surface area contributed by atoms with Gasteiger partial charge in [-0.3, -0.25) is 0 Å². The van der Waals surface area contributed by atoms with Crippen LogP contribution in [0.2, 0.25) is 0 Å². The third-order valence-corrected chi connectivity index (χ3v) is 2.07. The topological polar surface area (TPSA) is 41.5 Å². The second-order valence-electron chi connectivity index (χ2n) is 4.13. The maximum absolute atomic E-state index is 9.08. The summed E-state index contributed by atoms with van der Waals surface area (Å²) in [7, 11) is 0. The van der Waals surface area contributed by atoms with Gasteiger partial charge < -0.3 is 15.2 Å². The van der Waals surface area contributed by atoms with Crippen LogP contribution in [0.25, 0.3) is 0 Å². The summed E-state index contributed by atoms with van der Waals surface area (Å²) < 4.78 is 5.61. The van der Waals surface area contributed by atoms with Crippen LogP contribution in [0.5, 0.6) is 0 Å². The molecule has 0 aromatic carbocycles. The molecule has 0 radical (unpaired) electrons. The predicted octanol–water partition coefficient (Wildman–Crippen LogP) is 1.55. The fourth-order valence-corrected chi connectivity index (χ4v) is 1.40. The first-order chi connectivity index (χ1) is 6.60. The van der Waals surface area contributed by atoms with E-state index in [0.717, 1.165) is 12.8 Å². The van der Waals surface area contributed by atoms with Crippen molar-refractivity contribution in [3.63, 3.8) is 0 Å². The average Bonchev–Trinajstić information content (AvgIpc) is 2.12. The molecule has 0 aromatic heterocycles. The van der Waals surface area contributed by atoms with Crippen molar-refractivity contribution in [3.05, 3.63) is 0 Å². The quantitative estimate of drug-likeness (QED) is 0.629. The minimum absolute atomic E-state index is 0.0642. The monoisotopic (exact) mass is 203 g/mol. The van der Waals surface area contributed by atoms with Gasteiger partial charge in [0.2, 0.25) is 0 Å². The molecular formula is C11H25NO2. The molecule has 0 aliphatic heterocycles. The fraction of sp³-hybridized carbons (Fsp3) is 1.00. The zero-order valence-corrected chi connectivity index (χ0v) is 9.92. The molecule has 0 rings (SSSR count). The number of hydrogen-bond acceptors (Lipinski definition) is 3. The summed E-state index contributed by atoms with van der Waals surface area (Å²) in [5.41, 5.74) is 0. The van der Waals surface area contributed by atoms with Crippen molar-refractivity contribution >= 4 is 0 Å². The van der Waals surface area contributed by atoms with Gasteiger partial charge in [-0.15, -0.1) is 0 Å². The molecule has 0 aliphatic carbocycles. The van der Waals surface area contributed by atoms with E-state index in [-0.39, 0.29) is 12.6 Å². The summed E-state index contributed by atoms with van der Waals surface area (Å²) in [6.45, 7) is 9.09. The summed E-state index contributed by atoms with van der Waals surface area (Å²) in [5, 5.41) is 12.3. The molecule has 3 nitrogen and oxygen atoms in total. The molecule has 2 atom stereocenters. The standard InChI is InChI=1S/C11H25NO2/c1-5-6-10(4)14-8-11(7-13)12-9(2)3/h9-13H,5-8H2,1-4H3. The fourth-order valence-electron chi connectivity index (χ4n) is 1.40. The molecule has 0 aliphatic rings. The van der Waals surface area contributed by atoms with E-state index in [1.54, 1.807) is 0 Å². The molecule has 0 saturated heterocycles. The van der Waals surface area contributed by atoms with E-state index in [9.17, 15) is 0 Å². The molecular weight excluding hydrogens is 178 g/mol. The molecule has 14 heavy (non-hydrogen) atoms. The Morgan fingerprint density at radius 1 is 1.29 bits per heavy atom.